The van der Waals surface area contributed by atoms with Crippen LogP contribution in [0.25, 0.3) is 0 Å². The van der Waals surface area contributed by atoms with E-state index in [1.807, 2.05) is 12.4 Å². The van der Waals surface area contributed by atoms with E-state index < -0.39 is 6.17 Å². The molecule has 8 heteroatoms. The summed E-state index contributed by atoms with van der Waals surface area (Å²) in [4.78, 5) is 21.5. The predicted octanol–water partition coefficient (Wildman–Crippen LogP) is 1.72. The van der Waals surface area contributed by atoms with Crippen LogP contribution in [0.2, 0.25) is 0 Å². The van der Waals surface area contributed by atoms with Crippen LogP contribution in [0, 0.1) is 6.92 Å². The van der Waals surface area contributed by atoms with Gasteiger partial charge < -0.3 is 4.90 Å². The number of likely N-dealkylation sites (N-methyl/N-ethyl adjacent to an activating group) is 1. The van der Waals surface area contributed by atoms with Crippen molar-refractivity contribution in [2.45, 2.75) is 38.6 Å². The maximum absolute atomic E-state index is 13.9. The van der Waals surface area contributed by atoms with Gasteiger partial charge in [-0.15, -0.1) is 11.3 Å². The van der Waals surface area contributed by atoms with Gasteiger partial charge >= 0.3 is 0 Å². The molecule has 0 N–H and O–H groups in total. The zero-order valence-electron chi connectivity index (χ0n) is 13.9. The smallest absolute Gasteiger partial charge is 0.244 e. The fourth-order valence-corrected chi connectivity index (χ4v) is 3.84. The van der Waals surface area contributed by atoms with Gasteiger partial charge in [0.05, 0.1) is 11.2 Å². The molecular weight excluding hydrogens is 329 g/mol. The van der Waals surface area contributed by atoms with E-state index in [0.717, 1.165) is 5.69 Å². The Morgan fingerprint density at radius 3 is 3.04 bits per heavy atom. The maximum atomic E-state index is 13.9. The molecule has 0 unspecified atom stereocenters. The minimum absolute atomic E-state index is 0.0186. The fourth-order valence-electron chi connectivity index (χ4n) is 3.04. The number of hydrogen-bond donors (Lipinski definition) is 0. The Morgan fingerprint density at radius 1 is 1.54 bits per heavy atom. The van der Waals surface area contributed by atoms with Crippen molar-refractivity contribution in [3.05, 3.63) is 34.5 Å². The molecule has 1 fully saturated rings. The minimum Gasteiger partial charge on any atom is -0.343 e. The van der Waals surface area contributed by atoms with Crippen molar-refractivity contribution < 1.29 is 9.18 Å². The van der Waals surface area contributed by atoms with Crippen LogP contribution in [0.5, 0.6) is 0 Å². The van der Waals surface area contributed by atoms with Crippen LogP contribution in [-0.2, 0) is 17.9 Å². The van der Waals surface area contributed by atoms with Gasteiger partial charge in [-0.3, -0.25) is 14.4 Å². The molecule has 0 saturated carbocycles. The third-order valence-corrected chi connectivity index (χ3v) is 5.36. The van der Waals surface area contributed by atoms with Gasteiger partial charge in [0.25, 0.3) is 0 Å². The first kappa shape index (κ1) is 17.0. The van der Waals surface area contributed by atoms with Gasteiger partial charge in [0.1, 0.15) is 12.7 Å². The summed E-state index contributed by atoms with van der Waals surface area (Å²) in [7, 11) is 1.77. The molecule has 2 aromatic heterocycles. The highest BCUT2D eigenvalue weighted by molar-refractivity contribution is 7.09. The van der Waals surface area contributed by atoms with Crippen molar-refractivity contribution in [2.75, 3.05) is 20.1 Å². The van der Waals surface area contributed by atoms with Crippen molar-refractivity contribution in [3.63, 3.8) is 0 Å². The number of aromatic nitrogens is 3. The summed E-state index contributed by atoms with van der Waals surface area (Å²) < 4.78 is 15.5. The molecule has 0 aliphatic carbocycles. The van der Waals surface area contributed by atoms with Gasteiger partial charge in [-0.1, -0.05) is 0 Å². The molecule has 1 aliphatic rings. The molecule has 1 aliphatic heterocycles. The van der Waals surface area contributed by atoms with Crippen LogP contribution < -0.4 is 0 Å². The lowest BCUT2D eigenvalue weighted by molar-refractivity contribution is -0.131. The second kappa shape index (κ2) is 7.40. The molecular formula is C16H22FN5OS. The first-order valence-electron chi connectivity index (χ1n) is 8.01. The Balaban J connectivity index is 1.59. The first-order valence-corrected chi connectivity index (χ1v) is 8.89. The molecule has 0 bridgehead atoms. The lowest BCUT2D eigenvalue weighted by atomic mass is 10.2. The average molecular weight is 351 g/mol. The van der Waals surface area contributed by atoms with Crippen LogP contribution >= 0.6 is 11.3 Å². The van der Waals surface area contributed by atoms with Crippen LogP contribution in [0.4, 0.5) is 4.39 Å². The summed E-state index contributed by atoms with van der Waals surface area (Å²) >= 11 is 1.60. The fraction of sp³-hybridized carbons (Fsp3) is 0.562. The number of carbonyl (C=O) groups is 1. The summed E-state index contributed by atoms with van der Waals surface area (Å²) in [6.45, 7) is 3.83. The van der Waals surface area contributed by atoms with Gasteiger partial charge in [-0.25, -0.2) is 9.37 Å². The molecule has 6 nitrogen and oxygen atoms in total. The number of halogens is 1. The van der Waals surface area contributed by atoms with E-state index in [2.05, 4.69) is 15.0 Å². The van der Waals surface area contributed by atoms with E-state index in [9.17, 15) is 9.18 Å². The van der Waals surface area contributed by atoms with Gasteiger partial charge in [0.2, 0.25) is 5.91 Å². The highest BCUT2D eigenvalue weighted by Gasteiger charge is 2.34. The molecule has 3 rings (SSSR count). The molecule has 1 amide bonds. The summed E-state index contributed by atoms with van der Waals surface area (Å²) in [6.07, 6.45) is 3.05. The average Bonchev–Trinajstić information content (AvgIpc) is 3.24. The highest BCUT2D eigenvalue weighted by Crippen LogP contribution is 2.25. The zero-order valence-corrected chi connectivity index (χ0v) is 14.7. The van der Waals surface area contributed by atoms with Crippen molar-refractivity contribution in [2.24, 2.45) is 0 Å². The number of hydrogen-bond acceptors (Lipinski definition) is 5. The van der Waals surface area contributed by atoms with Gasteiger partial charge in [0, 0.05) is 50.0 Å². The monoisotopic (exact) mass is 351 g/mol. The summed E-state index contributed by atoms with van der Waals surface area (Å²) in [5, 5.41) is 4.05. The second-order valence-electron chi connectivity index (χ2n) is 6.26. The van der Waals surface area contributed by atoms with Crippen LogP contribution in [0.1, 0.15) is 17.0 Å². The lowest BCUT2D eigenvalue weighted by Crippen LogP contribution is -2.42. The number of nitrogens with zero attached hydrogens (tertiary/aromatic N) is 5. The van der Waals surface area contributed by atoms with E-state index in [1.165, 1.54) is 4.88 Å². The largest absolute Gasteiger partial charge is 0.343 e. The van der Waals surface area contributed by atoms with Crippen LogP contribution in [0.3, 0.4) is 0 Å². The van der Waals surface area contributed by atoms with Crippen molar-refractivity contribution in [3.8, 4) is 0 Å². The number of likely N-dealkylation sites (tertiary alicyclic amines) is 1. The summed E-state index contributed by atoms with van der Waals surface area (Å²) in [6, 6.07) is 1.82. The van der Waals surface area contributed by atoms with Crippen LogP contribution in [-0.4, -0.2) is 62.8 Å². The third-order valence-electron chi connectivity index (χ3n) is 4.44. The maximum Gasteiger partial charge on any atom is 0.244 e. The predicted molar refractivity (Wildman–Crippen MR) is 90.4 cm³/mol. The molecule has 24 heavy (non-hydrogen) atoms. The number of thiazole rings is 1. The van der Waals surface area contributed by atoms with Gasteiger partial charge in [-0.2, -0.15) is 5.10 Å². The molecule has 0 aromatic carbocycles. The van der Waals surface area contributed by atoms with E-state index in [-0.39, 0.29) is 18.5 Å². The highest BCUT2D eigenvalue weighted by atomic mass is 32.1. The molecule has 2 atom stereocenters. The molecule has 3 heterocycles. The number of aryl methyl sites for hydroxylation is 1. The van der Waals surface area contributed by atoms with Crippen molar-refractivity contribution in [1.82, 2.24) is 24.6 Å². The minimum atomic E-state index is -0.835. The number of alkyl halides is 1. The number of carbonyl (C=O) groups excluding carboxylic acids is 1. The summed E-state index contributed by atoms with van der Waals surface area (Å²) in [5.74, 6) is -0.0186. The SMILES string of the molecule is Cc1ncsc1CN1C[C@@H](F)C[C@H]1CN(C)C(=O)Cn1cccn1. The molecule has 130 valence electrons. The Bertz CT molecular complexity index is 674. The summed E-state index contributed by atoms with van der Waals surface area (Å²) in [5.41, 5.74) is 2.83. The van der Waals surface area contributed by atoms with Crippen LogP contribution in [0.15, 0.2) is 24.0 Å². The number of rotatable bonds is 6. The topological polar surface area (TPSA) is 54.3 Å². The standard InChI is InChI=1S/C16H22FN5OS/c1-12-15(24-11-18-12)9-21-7-13(17)6-14(21)8-20(2)16(23)10-22-5-3-4-19-22/h3-5,11,13-14H,6-10H2,1-2H3/t13-,14-/m0/s1. The van der Waals surface area contributed by atoms with E-state index in [1.54, 1.807) is 46.4 Å². The lowest BCUT2D eigenvalue weighted by Gasteiger charge is -2.28. The normalized spacial score (nSPS) is 21.3. The molecule has 2 aromatic rings. The first-order chi connectivity index (χ1) is 11.5. The molecule has 0 spiro atoms. The van der Waals surface area contributed by atoms with E-state index in [4.69, 9.17) is 0 Å². The zero-order chi connectivity index (χ0) is 17.1. The molecule has 0 radical (unpaired) electrons. The Morgan fingerprint density at radius 2 is 2.38 bits per heavy atom. The Hall–Kier alpha value is -1.80. The van der Waals surface area contributed by atoms with Gasteiger partial charge in [-0.05, 0) is 19.4 Å². The third kappa shape index (κ3) is 3.99. The van der Waals surface area contributed by atoms with E-state index >= 15 is 0 Å². The van der Waals surface area contributed by atoms with Crippen molar-refractivity contribution >= 4 is 17.2 Å². The molecule has 1 saturated heterocycles. The Kier molecular flexibility index (Phi) is 5.25. The Labute approximate surface area is 144 Å². The van der Waals surface area contributed by atoms with Gasteiger partial charge in [0.15, 0.2) is 0 Å². The quantitative estimate of drug-likeness (QED) is 0.795. The van der Waals surface area contributed by atoms with E-state index in [0.29, 0.717) is 26.1 Å². The van der Waals surface area contributed by atoms with Crippen molar-refractivity contribution in [1.29, 1.82) is 0 Å². The number of amides is 1. The second-order valence-corrected chi connectivity index (χ2v) is 7.19.